The lowest BCUT2D eigenvalue weighted by Gasteiger charge is -2.04. The van der Waals surface area contributed by atoms with Crippen molar-refractivity contribution in [2.45, 2.75) is 6.92 Å². The Hall–Kier alpha value is -2.45. The van der Waals surface area contributed by atoms with Crippen molar-refractivity contribution in [1.82, 2.24) is 0 Å². The van der Waals surface area contributed by atoms with E-state index in [1.165, 1.54) is 20.3 Å². The van der Waals surface area contributed by atoms with E-state index in [9.17, 15) is 14.4 Å². The fourth-order valence-electron chi connectivity index (χ4n) is 2.14. The first-order valence-corrected chi connectivity index (χ1v) is 9.03. The number of thiophene rings is 1. The molecule has 0 atom stereocenters. The second kappa shape index (κ2) is 8.77. The van der Waals surface area contributed by atoms with Crippen molar-refractivity contribution < 1.29 is 23.9 Å². The smallest absolute Gasteiger partial charge is 0.348 e. The predicted octanol–water partition coefficient (Wildman–Crippen LogP) is 4.04. The Morgan fingerprint density at radius 2 is 1.69 bits per heavy atom. The number of carbonyl (C=O) groups is 3. The van der Waals surface area contributed by atoms with E-state index in [1.807, 2.05) is 24.3 Å². The maximum Gasteiger partial charge on any atom is 0.348 e. The van der Waals surface area contributed by atoms with Crippen molar-refractivity contribution in [3.05, 3.63) is 56.4 Å². The minimum Gasteiger partial charge on any atom is -0.465 e. The summed E-state index contributed by atoms with van der Waals surface area (Å²) in [6, 6.07) is 7.41. The number of nitrogens with one attached hydrogen (secondary N) is 1. The third kappa shape index (κ3) is 4.59. The summed E-state index contributed by atoms with van der Waals surface area (Å²) in [4.78, 5) is 36.3. The van der Waals surface area contributed by atoms with Gasteiger partial charge in [0, 0.05) is 10.5 Å². The molecule has 1 aromatic carbocycles. The van der Waals surface area contributed by atoms with Crippen LogP contribution >= 0.6 is 27.3 Å². The van der Waals surface area contributed by atoms with Crippen LogP contribution in [-0.2, 0) is 14.3 Å². The van der Waals surface area contributed by atoms with Crippen molar-refractivity contribution in [3.8, 4) is 0 Å². The molecule has 0 unspecified atom stereocenters. The molecule has 2 rings (SSSR count). The zero-order valence-electron chi connectivity index (χ0n) is 14.3. The van der Waals surface area contributed by atoms with E-state index in [-0.39, 0.29) is 15.4 Å². The van der Waals surface area contributed by atoms with Crippen molar-refractivity contribution >= 4 is 56.2 Å². The number of hydrogen-bond acceptors (Lipinski definition) is 6. The molecule has 0 saturated heterocycles. The van der Waals surface area contributed by atoms with Crippen LogP contribution in [0.1, 0.15) is 31.2 Å². The normalized spacial score (nSPS) is 10.6. The van der Waals surface area contributed by atoms with Crippen LogP contribution in [0, 0.1) is 6.92 Å². The Balaban J connectivity index is 2.26. The standard InChI is InChI=1S/C18H16BrNO5S/c1-10-14(17(22)24-2)16(26-15(10)18(23)25-3)20-13(21)9-6-11-4-7-12(19)8-5-11/h4-9H,1-3H3,(H,20,21)/b9-6+. The van der Waals surface area contributed by atoms with Crippen LogP contribution in [0.5, 0.6) is 0 Å². The second-order valence-electron chi connectivity index (χ2n) is 5.12. The van der Waals surface area contributed by atoms with Crippen LogP contribution in [0.4, 0.5) is 5.00 Å². The molecule has 1 heterocycles. The highest BCUT2D eigenvalue weighted by atomic mass is 79.9. The number of rotatable bonds is 5. The summed E-state index contributed by atoms with van der Waals surface area (Å²) in [5, 5.41) is 2.86. The highest BCUT2D eigenvalue weighted by Crippen LogP contribution is 2.34. The largest absolute Gasteiger partial charge is 0.465 e. The van der Waals surface area contributed by atoms with Gasteiger partial charge in [0.15, 0.2) is 0 Å². The summed E-state index contributed by atoms with van der Waals surface area (Å²) >= 11 is 4.31. The van der Waals surface area contributed by atoms with Crippen LogP contribution in [0.25, 0.3) is 6.08 Å². The van der Waals surface area contributed by atoms with Gasteiger partial charge < -0.3 is 14.8 Å². The Labute approximate surface area is 162 Å². The number of carbonyl (C=O) groups excluding carboxylic acids is 3. The first-order chi connectivity index (χ1) is 12.4. The zero-order chi connectivity index (χ0) is 19.3. The summed E-state index contributed by atoms with van der Waals surface area (Å²) in [5.74, 6) is -1.65. The van der Waals surface area contributed by atoms with Gasteiger partial charge in [-0.25, -0.2) is 9.59 Å². The Bertz CT molecular complexity index is 870. The average Bonchev–Trinajstić information content (AvgIpc) is 2.96. The summed E-state index contributed by atoms with van der Waals surface area (Å²) in [6.45, 7) is 1.60. The lowest BCUT2D eigenvalue weighted by Crippen LogP contribution is -2.11. The van der Waals surface area contributed by atoms with E-state index in [4.69, 9.17) is 9.47 Å². The number of esters is 2. The third-order valence-corrected chi connectivity index (χ3v) is 5.16. The molecule has 1 aromatic heterocycles. The van der Waals surface area contributed by atoms with E-state index < -0.39 is 17.8 Å². The van der Waals surface area contributed by atoms with Gasteiger partial charge in [-0.2, -0.15) is 0 Å². The molecule has 6 nitrogen and oxygen atoms in total. The van der Waals surface area contributed by atoms with Gasteiger partial charge in [-0.15, -0.1) is 11.3 Å². The Morgan fingerprint density at radius 1 is 1.08 bits per heavy atom. The maximum absolute atomic E-state index is 12.2. The maximum atomic E-state index is 12.2. The summed E-state index contributed by atoms with van der Waals surface area (Å²) < 4.78 is 10.4. The van der Waals surface area contributed by atoms with Crippen molar-refractivity contribution in [2.75, 3.05) is 19.5 Å². The molecule has 0 fully saturated rings. The van der Waals surface area contributed by atoms with Gasteiger partial charge in [-0.3, -0.25) is 4.79 Å². The molecular formula is C18H16BrNO5S. The number of methoxy groups -OCH3 is 2. The summed E-state index contributed by atoms with van der Waals surface area (Å²) in [5.41, 5.74) is 1.39. The molecule has 0 aliphatic heterocycles. The van der Waals surface area contributed by atoms with Gasteiger partial charge in [0.2, 0.25) is 5.91 Å². The first kappa shape index (κ1) is 19.9. The number of benzene rings is 1. The molecular weight excluding hydrogens is 422 g/mol. The van der Waals surface area contributed by atoms with Gasteiger partial charge in [0.1, 0.15) is 9.88 Å². The topological polar surface area (TPSA) is 81.7 Å². The quantitative estimate of drug-likeness (QED) is 0.563. The van der Waals surface area contributed by atoms with Crippen molar-refractivity contribution in [2.24, 2.45) is 0 Å². The molecule has 8 heteroatoms. The summed E-state index contributed by atoms with van der Waals surface area (Å²) in [6.07, 6.45) is 2.98. The van der Waals surface area contributed by atoms with Gasteiger partial charge >= 0.3 is 11.9 Å². The fourth-order valence-corrected chi connectivity index (χ4v) is 3.52. The molecule has 26 heavy (non-hydrogen) atoms. The van der Waals surface area contributed by atoms with Crippen LogP contribution < -0.4 is 5.32 Å². The number of halogens is 1. The van der Waals surface area contributed by atoms with Gasteiger partial charge in [0.25, 0.3) is 0 Å². The minimum absolute atomic E-state index is 0.142. The summed E-state index contributed by atoms with van der Waals surface area (Å²) in [7, 11) is 2.48. The number of anilines is 1. The highest BCUT2D eigenvalue weighted by Gasteiger charge is 2.26. The van der Waals surface area contributed by atoms with Gasteiger partial charge in [0.05, 0.1) is 19.8 Å². The zero-order valence-corrected chi connectivity index (χ0v) is 16.7. The van der Waals surface area contributed by atoms with Crippen LogP contribution in [0.2, 0.25) is 0 Å². The van der Waals surface area contributed by atoms with Crippen molar-refractivity contribution in [1.29, 1.82) is 0 Å². The van der Waals surface area contributed by atoms with E-state index in [0.717, 1.165) is 21.4 Å². The Morgan fingerprint density at radius 3 is 2.27 bits per heavy atom. The van der Waals surface area contributed by atoms with Crippen LogP contribution in [0.3, 0.4) is 0 Å². The molecule has 0 bridgehead atoms. The molecule has 0 radical (unpaired) electrons. The SMILES string of the molecule is COC(=O)c1sc(NC(=O)/C=C/c2ccc(Br)cc2)c(C(=O)OC)c1C. The molecule has 0 aliphatic rings. The number of hydrogen-bond donors (Lipinski definition) is 1. The van der Waals surface area contributed by atoms with E-state index in [1.54, 1.807) is 13.0 Å². The molecule has 136 valence electrons. The van der Waals surface area contributed by atoms with E-state index >= 15 is 0 Å². The molecule has 0 spiro atoms. The molecule has 1 N–H and O–H groups in total. The first-order valence-electron chi connectivity index (χ1n) is 7.42. The molecule has 2 aromatic rings. The second-order valence-corrected chi connectivity index (χ2v) is 7.05. The van der Waals surface area contributed by atoms with Gasteiger partial charge in [-0.1, -0.05) is 28.1 Å². The number of amides is 1. The Kier molecular flexibility index (Phi) is 6.70. The van der Waals surface area contributed by atoms with Crippen LogP contribution in [0.15, 0.2) is 34.8 Å². The average molecular weight is 438 g/mol. The van der Waals surface area contributed by atoms with E-state index in [0.29, 0.717) is 5.56 Å². The van der Waals surface area contributed by atoms with Crippen molar-refractivity contribution in [3.63, 3.8) is 0 Å². The third-order valence-electron chi connectivity index (χ3n) is 3.44. The van der Waals surface area contributed by atoms with Gasteiger partial charge in [-0.05, 0) is 36.3 Å². The highest BCUT2D eigenvalue weighted by molar-refractivity contribution is 9.10. The molecule has 1 amide bonds. The lowest BCUT2D eigenvalue weighted by molar-refractivity contribution is -0.111. The molecule has 0 aliphatic carbocycles. The number of ether oxygens (including phenoxy) is 2. The predicted molar refractivity (Wildman–Crippen MR) is 104 cm³/mol. The monoisotopic (exact) mass is 437 g/mol. The van der Waals surface area contributed by atoms with Crippen LogP contribution in [-0.4, -0.2) is 32.1 Å². The fraction of sp³-hybridized carbons (Fsp3) is 0.167. The lowest BCUT2D eigenvalue weighted by atomic mass is 10.1. The molecule has 0 saturated carbocycles. The minimum atomic E-state index is -0.638. The van der Waals surface area contributed by atoms with E-state index in [2.05, 4.69) is 21.2 Å².